The Bertz CT molecular complexity index is 1110. The lowest BCUT2D eigenvalue weighted by Gasteiger charge is -2.12. The molecule has 0 unspecified atom stereocenters. The van der Waals surface area contributed by atoms with Gasteiger partial charge in [-0.05, 0) is 36.4 Å². The van der Waals surface area contributed by atoms with Crippen molar-refractivity contribution >= 4 is 33.2 Å². The standard InChI is InChI=1S/C20H17BrN4O2.CH4/c1-26-17-7-6-13(10-18(17)27-2)16-12-19-22-8-9-25(19)20(24-16)23-15-5-3-4-14(21)11-15;/h3-12H,1-2H3,(H,23,24);1H4. The Balaban J connectivity index is 0.00000225. The topological polar surface area (TPSA) is 60.7 Å². The van der Waals surface area contributed by atoms with Gasteiger partial charge in [0.15, 0.2) is 11.5 Å². The SMILES string of the molecule is C.COc1ccc(-c2cc3nccn3c(Nc3cccc(Br)c3)n2)cc1OC. The molecule has 7 heteroatoms. The number of halogens is 1. The molecule has 0 aliphatic rings. The average molecular weight is 441 g/mol. The number of ether oxygens (including phenoxy) is 2. The summed E-state index contributed by atoms with van der Waals surface area (Å²) in [4.78, 5) is 9.22. The molecule has 0 spiro atoms. The number of hydrogen-bond acceptors (Lipinski definition) is 5. The van der Waals surface area contributed by atoms with Crippen LogP contribution in [-0.4, -0.2) is 28.6 Å². The second-order valence-electron chi connectivity index (χ2n) is 5.83. The summed E-state index contributed by atoms with van der Waals surface area (Å²) in [7, 11) is 3.24. The fourth-order valence-corrected chi connectivity index (χ4v) is 3.25. The van der Waals surface area contributed by atoms with Crippen molar-refractivity contribution in [3.63, 3.8) is 0 Å². The maximum Gasteiger partial charge on any atom is 0.213 e. The summed E-state index contributed by atoms with van der Waals surface area (Å²) < 4.78 is 13.6. The second-order valence-corrected chi connectivity index (χ2v) is 6.74. The number of fused-ring (bicyclic) bond motifs is 1. The van der Waals surface area contributed by atoms with E-state index in [0.29, 0.717) is 17.4 Å². The molecule has 0 aliphatic heterocycles. The lowest BCUT2D eigenvalue weighted by molar-refractivity contribution is 0.355. The number of nitrogens with zero attached hydrogens (tertiary/aromatic N) is 3. The molecule has 28 heavy (non-hydrogen) atoms. The quantitative estimate of drug-likeness (QED) is 0.440. The van der Waals surface area contributed by atoms with E-state index >= 15 is 0 Å². The summed E-state index contributed by atoms with van der Waals surface area (Å²) in [6.45, 7) is 0. The van der Waals surface area contributed by atoms with Gasteiger partial charge in [0.1, 0.15) is 5.65 Å². The molecule has 2 aromatic heterocycles. The van der Waals surface area contributed by atoms with Gasteiger partial charge < -0.3 is 14.8 Å². The zero-order valence-corrected chi connectivity index (χ0v) is 16.4. The van der Waals surface area contributed by atoms with Gasteiger partial charge in [-0.1, -0.05) is 29.4 Å². The number of aromatic nitrogens is 3. The van der Waals surface area contributed by atoms with Gasteiger partial charge in [0.05, 0.1) is 19.9 Å². The molecule has 1 N–H and O–H groups in total. The van der Waals surface area contributed by atoms with Crippen molar-refractivity contribution in [2.75, 3.05) is 19.5 Å². The molecule has 4 rings (SSSR count). The van der Waals surface area contributed by atoms with Crippen LogP contribution in [0.2, 0.25) is 0 Å². The number of hydrogen-bond donors (Lipinski definition) is 1. The number of methoxy groups -OCH3 is 2. The van der Waals surface area contributed by atoms with Crippen LogP contribution in [-0.2, 0) is 0 Å². The largest absolute Gasteiger partial charge is 0.493 e. The molecule has 0 saturated carbocycles. The van der Waals surface area contributed by atoms with Gasteiger partial charge >= 0.3 is 0 Å². The van der Waals surface area contributed by atoms with Crippen molar-refractivity contribution in [3.8, 4) is 22.8 Å². The zero-order chi connectivity index (χ0) is 18.8. The molecule has 0 fully saturated rings. The Labute approximate surface area is 172 Å². The van der Waals surface area contributed by atoms with E-state index in [1.54, 1.807) is 20.4 Å². The van der Waals surface area contributed by atoms with Crippen LogP contribution in [0.1, 0.15) is 7.43 Å². The number of rotatable bonds is 5. The highest BCUT2D eigenvalue weighted by molar-refractivity contribution is 9.10. The summed E-state index contributed by atoms with van der Waals surface area (Å²) in [6.07, 6.45) is 3.63. The molecule has 144 valence electrons. The molecule has 0 bridgehead atoms. The van der Waals surface area contributed by atoms with Crippen molar-refractivity contribution in [3.05, 3.63) is 65.4 Å². The lowest BCUT2D eigenvalue weighted by Crippen LogP contribution is -2.02. The maximum atomic E-state index is 5.42. The Morgan fingerprint density at radius 3 is 2.57 bits per heavy atom. The third-order valence-electron chi connectivity index (χ3n) is 4.15. The summed E-state index contributed by atoms with van der Waals surface area (Å²) in [5.41, 5.74) is 3.42. The smallest absolute Gasteiger partial charge is 0.213 e. The van der Waals surface area contributed by atoms with Crippen molar-refractivity contribution in [2.24, 2.45) is 0 Å². The fraction of sp³-hybridized carbons (Fsp3) is 0.143. The first kappa shape index (κ1) is 19.7. The van der Waals surface area contributed by atoms with Crippen LogP contribution < -0.4 is 14.8 Å². The van der Waals surface area contributed by atoms with Crippen LogP contribution in [0, 0.1) is 0 Å². The van der Waals surface area contributed by atoms with E-state index in [0.717, 1.165) is 27.1 Å². The van der Waals surface area contributed by atoms with Crippen LogP contribution in [0.25, 0.3) is 16.9 Å². The minimum atomic E-state index is 0. The molecular weight excluding hydrogens is 420 g/mol. The van der Waals surface area contributed by atoms with Crippen LogP contribution in [0.4, 0.5) is 11.6 Å². The second kappa shape index (κ2) is 8.31. The monoisotopic (exact) mass is 440 g/mol. The molecule has 0 amide bonds. The highest BCUT2D eigenvalue weighted by Crippen LogP contribution is 2.32. The van der Waals surface area contributed by atoms with Crippen molar-refractivity contribution in [2.45, 2.75) is 7.43 Å². The summed E-state index contributed by atoms with van der Waals surface area (Å²) in [5, 5.41) is 3.36. The van der Waals surface area contributed by atoms with Gasteiger partial charge in [-0.3, -0.25) is 4.40 Å². The van der Waals surface area contributed by atoms with E-state index in [-0.39, 0.29) is 7.43 Å². The third kappa shape index (κ3) is 3.80. The van der Waals surface area contributed by atoms with E-state index in [9.17, 15) is 0 Å². The van der Waals surface area contributed by atoms with Gasteiger partial charge in [0, 0.05) is 34.2 Å². The Morgan fingerprint density at radius 1 is 1.00 bits per heavy atom. The molecule has 2 heterocycles. The van der Waals surface area contributed by atoms with Crippen LogP contribution in [0.3, 0.4) is 0 Å². The predicted molar refractivity (Wildman–Crippen MR) is 116 cm³/mol. The first-order chi connectivity index (χ1) is 13.2. The number of anilines is 2. The molecule has 0 atom stereocenters. The van der Waals surface area contributed by atoms with Gasteiger partial charge in [-0.25, -0.2) is 9.97 Å². The number of nitrogens with one attached hydrogen (secondary N) is 1. The summed E-state index contributed by atoms with van der Waals surface area (Å²) in [6, 6.07) is 15.6. The Kier molecular flexibility index (Phi) is 5.84. The molecular formula is C21H21BrN4O2. The first-order valence-electron chi connectivity index (χ1n) is 8.27. The van der Waals surface area contributed by atoms with Crippen molar-refractivity contribution in [1.29, 1.82) is 0 Å². The minimum absolute atomic E-state index is 0. The van der Waals surface area contributed by atoms with E-state index in [4.69, 9.17) is 14.5 Å². The van der Waals surface area contributed by atoms with Gasteiger partial charge in [0.2, 0.25) is 5.95 Å². The van der Waals surface area contributed by atoms with E-state index in [1.165, 1.54) is 0 Å². The van der Waals surface area contributed by atoms with Crippen LogP contribution in [0.5, 0.6) is 11.5 Å². The van der Waals surface area contributed by atoms with Crippen molar-refractivity contribution < 1.29 is 9.47 Å². The fourth-order valence-electron chi connectivity index (χ4n) is 2.85. The van der Waals surface area contributed by atoms with Gasteiger partial charge in [-0.2, -0.15) is 0 Å². The first-order valence-corrected chi connectivity index (χ1v) is 9.06. The third-order valence-corrected chi connectivity index (χ3v) is 4.64. The molecule has 4 aromatic rings. The van der Waals surface area contributed by atoms with Crippen LogP contribution in [0.15, 0.2) is 65.4 Å². The molecule has 2 aromatic carbocycles. The highest BCUT2D eigenvalue weighted by Gasteiger charge is 2.12. The minimum Gasteiger partial charge on any atom is -0.493 e. The Morgan fingerprint density at radius 2 is 1.82 bits per heavy atom. The van der Waals surface area contributed by atoms with E-state index in [1.807, 2.05) is 59.1 Å². The zero-order valence-electron chi connectivity index (χ0n) is 14.8. The molecule has 0 radical (unpaired) electrons. The normalized spacial score (nSPS) is 10.4. The number of benzene rings is 2. The van der Waals surface area contributed by atoms with Gasteiger partial charge in [0.25, 0.3) is 0 Å². The van der Waals surface area contributed by atoms with Gasteiger partial charge in [-0.15, -0.1) is 0 Å². The molecule has 6 nitrogen and oxygen atoms in total. The summed E-state index contributed by atoms with van der Waals surface area (Å²) >= 11 is 3.49. The number of imidazole rings is 1. The van der Waals surface area contributed by atoms with Crippen LogP contribution >= 0.6 is 15.9 Å². The van der Waals surface area contributed by atoms with E-state index < -0.39 is 0 Å². The van der Waals surface area contributed by atoms with E-state index in [2.05, 4.69) is 26.2 Å². The highest BCUT2D eigenvalue weighted by atomic mass is 79.9. The molecule has 0 saturated heterocycles. The average Bonchev–Trinajstić information content (AvgIpc) is 3.16. The lowest BCUT2D eigenvalue weighted by atomic mass is 10.1. The van der Waals surface area contributed by atoms with Crippen molar-refractivity contribution in [1.82, 2.24) is 14.4 Å². The molecule has 0 aliphatic carbocycles. The maximum absolute atomic E-state index is 5.42. The summed E-state index contributed by atoms with van der Waals surface area (Å²) in [5.74, 6) is 2.00. The Hall–Kier alpha value is -3.06. The predicted octanol–water partition coefficient (Wildman–Crippen LogP) is 5.56.